The van der Waals surface area contributed by atoms with E-state index >= 15 is 0 Å². The van der Waals surface area contributed by atoms with E-state index in [9.17, 15) is 23.8 Å². The Morgan fingerprint density at radius 3 is 2.89 bits per heavy atom. The molecule has 0 unspecified atom stereocenters. The van der Waals surface area contributed by atoms with E-state index in [4.69, 9.17) is 4.74 Å². The number of hydrogen-bond acceptors (Lipinski definition) is 6. The Balaban J connectivity index is 1.90. The fraction of sp³-hybridized carbons (Fsp3) is 0.389. The van der Waals surface area contributed by atoms with E-state index in [0.717, 1.165) is 4.90 Å². The third-order valence-electron chi connectivity index (χ3n) is 5.26. The van der Waals surface area contributed by atoms with Crippen molar-refractivity contribution >= 4 is 17.6 Å². The lowest BCUT2D eigenvalue weighted by molar-refractivity contribution is 0.172. The van der Waals surface area contributed by atoms with Crippen LogP contribution < -0.4 is 14.5 Å². The molecule has 148 valence electrons. The Bertz CT molecular complexity index is 944. The molecule has 10 heteroatoms. The van der Waals surface area contributed by atoms with Gasteiger partial charge in [0, 0.05) is 18.5 Å². The van der Waals surface area contributed by atoms with E-state index in [1.807, 2.05) is 0 Å². The Hall–Kier alpha value is -3.01. The molecule has 0 radical (unpaired) electrons. The number of para-hydroxylation sites is 1. The van der Waals surface area contributed by atoms with Crippen molar-refractivity contribution in [3.8, 4) is 17.0 Å². The second-order valence-electron chi connectivity index (χ2n) is 6.95. The van der Waals surface area contributed by atoms with Gasteiger partial charge in [-0.1, -0.05) is 6.07 Å². The number of halogens is 2. The van der Waals surface area contributed by atoms with Gasteiger partial charge in [0.15, 0.2) is 17.4 Å². The summed E-state index contributed by atoms with van der Waals surface area (Å²) < 4.78 is 33.2. The van der Waals surface area contributed by atoms with Gasteiger partial charge in [0.2, 0.25) is 0 Å². The van der Waals surface area contributed by atoms with Crippen LogP contribution >= 0.6 is 0 Å². The van der Waals surface area contributed by atoms with Gasteiger partial charge >= 0.3 is 6.09 Å². The summed E-state index contributed by atoms with van der Waals surface area (Å²) in [6, 6.07) is 5.85. The molecular formula is C18H18F2N4O4. The first-order valence-corrected chi connectivity index (χ1v) is 8.63. The number of fused-ring (bicyclic) bond motifs is 3. The maximum Gasteiger partial charge on any atom is 0.413 e. The quantitative estimate of drug-likeness (QED) is 0.825. The fourth-order valence-corrected chi connectivity index (χ4v) is 4.03. The number of anilines is 2. The molecule has 1 saturated heterocycles. The first kappa shape index (κ1) is 18.4. The summed E-state index contributed by atoms with van der Waals surface area (Å²) in [5.41, 5.74) is -0.288. The lowest BCUT2D eigenvalue weighted by atomic mass is 9.93. The number of aliphatic hydroxyl groups excluding tert-OH is 1. The molecule has 8 nitrogen and oxygen atoms in total. The number of benzene rings is 1. The third kappa shape index (κ3) is 2.63. The van der Waals surface area contributed by atoms with E-state index < -0.39 is 30.2 Å². The zero-order valence-corrected chi connectivity index (χ0v) is 15.0. The van der Waals surface area contributed by atoms with Gasteiger partial charge in [0.25, 0.3) is 0 Å². The summed E-state index contributed by atoms with van der Waals surface area (Å²) in [5.74, 6) is -0.563. The number of aliphatic hydroxyl groups is 1. The normalized spacial score (nSPS) is 23.4. The second-order valence-corrected chi connectivity index (χ2v) is 6.95. The number of methoxy groups -OCH3 is 1. The number of carboxylic acid groups (broad SMARTS) is 1. The van der Waals surface area contributed by atoms with Crippen LogP contribution in [0.5, 0.6) is 5.75 Å². The maximum absolute atomic E-state index is 14.1. The van der Waals surface area contributed by atoms with Gasteiger partial charge in [-0.15, -0.1) is 10.2 Å². The van der Waals surface area contributed by atoms with Crippen LogP contribution in [0, 0.1) is 5.82 Å². The molecule has 2 N–H and O–H groups in total. The molecule has 3 heterocycles. The van der Waals surface area contributed by atoms with Crippen LogP contribution in [-0.4, -0.2) is 65.0 Å². The summed E-state index contributed by atoms with van der Waals surface area (Å²) in [5, 5.41) is 27.8. The second kappa shape index (κ2) is 6.55. The Morgan fingerprint density at radius 1 is 1.43 bits per heavy atom. The molecule has 1 amide bonds. The molecule has 1 aromatic carbocycles. The third-order valence-corrected chi connectivity index (χ3v) is 5.26. The van der Waals surface area contributed by atoms with Crippen LogP contribution in [0.25, 0.3) is 11.3 Å². The molecule has 2 aliphatic rings. The van der Waals surface area contributed by atoms with Gasteiger partial charge in [0.05, 0.1) is 36.7 Å². The van der Waals surface area contributed by atoms with Gasteiger partial charge in [-0.3, -0.25) is 4.90 Å². The maximum atomic E-state index is 14.1. The predicted octanol–water partition coefficient (Wildman–Crippen LogP) is 2.07. The molecule has 1 fully saturated rings. The van der Waals surface area contributed by atoms with Crippen molar-refractivity contribution in [2.24, 2.45) is 0 Å². The lowest BCUT2D eigenvalue weighted by Crippen LogP contribution is -2.59. The average Bonchev–Trinajstić information content (AvgIpc) is 3.03. The molecule has 0 saturated carbocycles. The number of rotatable bonds is 3. The number of alkyl halides is 1. The topological polar surface area (TPSA) is 99.0 Å². The van der Waals surface area contributed by atoms with Crippen molar-refractivity contribution < 1.29 is 28.5 Å². The van der Waals surface area contributed by atoms with Crippen molar-refractivity contribution in [2.75, 3.05) is 36.7 Å². The number of ether oxygens (including phenoxy) is 1. The van der Waals surface area contributed by atoms with E-state index in [2.05, 4.69) is 10.2 Å². The van der Waals surface area contributed by atoms with Crippen LogP contribution in [0.3, 0.4) is 0 Å². The Labute approximate surface area is 159 Å². The summed E-state index contributed by atoms with van der Waals surface area (Å²) in [7, 11) is 1.32. The number of amides is 1. The smallest absolute Gasteiger partial charge is 0.413 e. The predicted molar refractivity (Wildman–Crippen MR) is 96.0 cm³/mol. The van der Waals surface area contributed by atoms with Crippen LogP contribution in [0.1, 0.15) is 6.42 Å². The minimum Gasteiger partial charge on any atom is -0.493 e. The molecule has 2 atom stereocenters. The van der Waals surface area contributed by atoms with Crippen LogP contribution in [0.2, 0.25) is 0 Å². The summed E-state index contributed by atoms with van der Waals surface area (Å²) in [6.07, 6.45) is -2.01. The number of hydrogen-bond donors (Lipinski definition) is 2. The monoisotopic (exact) mass is 392 g/mol. The molecule has 4 rings (SSSR count). The standard InChI is InChI=1S/C18H18F2N4O4/c1-28-15-11(3-2-4-12(15)20)13-5-14-16(22-21-13)23(17(26)27)9-18(8-19)6-10(25)7-24(14)18/h2-5,10,25H,6-9H2,1H3,(H,26,27)/t10-,18+/m1/s1. The highest BCUT2D eigenvalue weighted by Gasteiger charge is 2.52. The van der Waals surface area contributed by atoms with Crippen molar-refractivity contribution in [3.63, 3.8) is 0 Å². The molecule has 0 bridgehead atoms. The van der Waals surface area contributed by atoms with E-state index in [1.54, 1.807) is 11.0 Å². The van der Waals surface area contributed by atoms with Crippen LogP contribution in [0.4, 0.5) is 25.1 Å². The van der Waals surface area contributed by atoms with E-state index in [-0.39, 0.29) is 36.8 Å². The molecule has 0 spiro atoms. The molecule has 2 aliphatic heterocycles. The summed E-state index contributed by atoms with van der Waals surface area (Å²) in [6.45, 7) is -0.871. The summed E-state index contributed by atoms with van der Waals surface area (Å²) >= 11 is 0. The first-order chi connectivity index (χ1) is 13.4. The first-order valence-electron chi connectivity index (χ1n) is 8.63. The lowest BCUT2D eigenvalue weighted by Gasteiger charge is -2.45. The molecule has 2 aromatic rings. The Kier molecular flexibility index (Phi) is 4.30. The van der Waals surface area contributed by atoms with Gasteiger partial charge in [-0.05, 0) is 18.2 Å². The fourth-order valence-electron chi connectivity index (χ4n) is 4.03. The highest BCUT2D eigenvalue weighted by Crippen LogP contribution is 2.45. The minimum absolute atomic E-state index is 0.0270. The van der Waals surface area contributed by atoms with Crippen molar-refractivity contribution in [3.05, 3.63) is 30.1 Å². The van der Waals surface area contributed by atoms with E-state index in [0.29, 0.717) is 11.3 Å². The molecular weight excluding hydrogens is 374 g/mol. The number of β-amino-alcohol motifs (C(OH)–C–C–N with tert-alkyl or cyclic N) is 1. The average molecular weight is 392 g/mol. The molecule has 1 aromatic heterocycles. The largest absolute Gasteiger partial charge is 0.493 e. The highest BCUT2D eigenvalue weighted by atomic mass is 19.1. The zero-order valence-electron chi connectivity index (χ0n) is 15.0. The number of nitrogens with zero attached hydrogens (tertiary/aromatic N) is 4. The van der Waals surface area contributed by atoms with Gasteiger partial charge in [-0.2, -0.15) is 0 Å². The molecule has 0 aliphatic carbocycles. The zero-order chi connectivity index (χ0) is 20.1. The van der Waals surface area contributed by atoms with Crippen LogP contribution in [0.15, 0.2) is 24.3 Å². The van der Waals surface area contributed by atoms with Crippen molar-refractivity contribution in [2.45, 2.75) is 18.1 Å². The van der Waals surface area contributed by atoms with E-state index in [1.165, 1.54) is 25.3 Å². The van der Waals surface area contributed by atoms with Crippen LogP contribution in [-0.2, 0) is 0 Å². The van der Waals surface area contributed by atoms with Gasteiger partial charge in [0.1, 0.15) is 6.67 Å². The summed E-state index contributed by atoms with van der Waals surface area (Å²) in [4.78, 5) is 14.3. The molecule has 28 heavy (non-hydrogen) atoms. The van der Waals surface area contributed by atoms with Gasteiger partial charge in [-0.25, -0.2) is 13.6 Å². The Morgan fingerprint density at radius 2 is 2.21 bits per heavy atom. The van der Waals surface area contributed by atoms with Gasteiger partial charge < -0.3 is 19.8 Å². The van der Waals surface area contributed by atoms with Crippen molar-refractivity contribution in [1.82, 2.24) is 10.2 Å². The van der Waals surface area contributed by atoms with Crippen molar-refractivity contribution in [1.29, 1.82) is 0 Å². The number of aromatic nitrogens is 2. The highest BCUT2D eigenvalue weighted by molar-refractivity contribution is 5.92. The number of carbonyl (C=O) groups is 1. The SMILES string of the molecule is COc1c(F)cccc1-c1cc2c(nn1)N(C(=O)O)C[C@@]1(CF)C[C@@H](O)CN21. The minimum atomic E-state index is -1.29.